The van der Waals surface area contributed by atoms with Gasteiger partial charge in [0.15, 0.2) is 0 Å². The minimum absolute atomic E-state index is 0.796. The third-order valence-corrected chi connectivity index (χ3v) is 2.03. The molecule has 0 aliphatic heterocycles. The second-order valence-electron chi connectivity index (χ2n) is 3.94. The van der Waals surface area contributed by atoms with Crippen molar-refractivity contribution < 1.29 is 0 Å². The fraction of sp³-hybridized carbons (Fsp3) is 0.818. The van der Waals surface area contributed by atoms with E-state index in [4.69, 9.17) is 0 Å². The summed E-state index contributed by atoms with van der Waals surface area (Å²) >= 11 is 0. The highest BCUT2D eigenvalue weighted by Crippen LogP contribution is 2.19. The Morgan fingerprint density at radius 3 is 2.09 bits per heavy atom. The summed E-state index contributed by atoms with van der Waals surface area (Å²) in [7, 11) is 0. The van der Waals surface area contributed by atoms with Crippen molar-refractivity contribution >= 4 is 0 Å². The Bertz CT molecular complexity index is 116. The largest absolute Gasteiger partial charge is 0.0825 e. The molecule has 0 saturated carbocycles. The first kappa shape index (κ1) is 10.7. The zero-order valence-electron chi connectivity index (χ0n) is 8.65. The van der Waals surface area contributed by atoms with Crippen LogP contribution in [0.2, 0.25) is 0 Å². The molecule has 1 unspecified atom stereocenters. The minimum atomic E-state index is 0.796. The molecule has 0 aliphatic carbocycles. The van der Waals surface area contributed by atoms with Gasteiger partial charge in [0.1, 0.15) is 0 Å². The summed E-state index contributed by atoms with van der Waals surface area (Å²) in [6.07, 6.45) is 5.05. The van der Waals surface area contributed by atoms with Gasteiger partial charge in [0, 0.05) is 0 Å². The normalized spacial score (nSPS) is 13.3. The van der Waals surface area contributed by atoms with Crippen molar-refractivity contribution in [3.63, 3.8) is 0 Å². The maximum Gasteiger partial charge on any atom is -0.0208 e. The molecule has 11 heavy (non-hydrogen) atoms. The molecule has 0 fully saturated rings. The standard InChI is InChI=1S/C11H22/c1-6-7-11(10(4)5)8-9(2)3/h8,10-11H,6-7H2,1-5H3. The van der Waals surface area contributed by atoms with Crippen LogP contribution in [0.25, 0.3) is 0 Å². The topological polar surface area (TPSA) is 0 Å². The van der Waals surface area contributed by atoms with Gasteiger partial charge in [-0.15, -0.1) is 0 Å². The van der Waals surface area contributed by atoms with E-state index in [-0.39, 0.29) is 0 Å². The minimum Gasteiger partial charge on any atom is -0.0825 e. The average Bonchev–Trinajstić information content (AvgIpc) is 1.86. The van der Waals surface area contributed by atoms with Crippen LogP contribution in [0.5, 0.6) is 0 Å². The molecule has 0 nitrogen and oxygen atoms in total. The Morgan fingerprint density at radius 2 is 1.82 bits per heavy atom. The van der Waals surface area contributed by atoms with Crippen LogP contribution < -0.4 is 0 Å². The maximum absolute atomic E-state index is 2.41. The molecule has 0 heterocycles. The van der Waals surface area contributed by atoms with Crippen LogP contribution >= 0.6 is 0 Å². The molecule has 0 rings (SSSR count). The molecule has 0 saturated heterocycles. The smallest absolute Gasteiger partial charge is 0.0208 e. The molecular weight excluding hydrogens is 132 g/mol. The Morgan fingerprint density at radius 1 is 1.27 bits per heavy atom. The van der Waals surface area contributed by atoms with Crippen molar-refractivity contribution in [2.45, 2.75) is 47.5 Å². The lowest BCUT2D eigenvalue weighted by molar-refractivity contribution is 0.430. The third-order valence-electron chi connectivity index (χ3n) is 2.03. The van der Waals surface area contributed by atoms with E-state index in [1.54, 1.807) is 0 Å². The molecule has 66 valence electrons. The van der Waals surface area contributed by atoms with Crippen LogP contribution in [0.3, 0.4) is 0 Å². The average molecular weight is 154 g/mol. The first-order valence-corrected chi connectivity index (χ1v) is 4.73. The summed E-state index contributed by atoms with van der Waals surface area (Å²) in [5.74, 6) is 1.59. The summed E-state index contributed by atoms with van der Waals surface area (Å²) in [6.45, 7) is 11.2. The molecule has 0 heteroatoms. The van der Waals surface area contributed by atoms with Crippen LogP contribution in [0.15, 0.2) is 11.6 Å². The lowest BCUT2D eigenvalue weighted by Gasteiger charge is -2.16. The van der Waals surface area contributed by atoms with E-state index in [0.717, 1.165) is 11.8 Å². The van der Waals surface area contributed by atoms with Crippen LogP contribution in [0.4, 0.5) is 0 Å². The van der Waals surface area contributed by atoms with Gasteiger partial charge in [-0.25, -0.2) is 0 Å². The van der Waals surface area contributed by atoms with Gasteiger partial charge in [0.05, 0.1) is 0 Å². The zero-order chi connectivity index (χ0) is 8.85. The predicted octanol–water partition coefficient (Wildman–Crippen LogP) is 4.02. The van der Waals surface area contributed by atoms with Gasteiger partial charge in [0.2, 0.25) is 0 Å². The van der Waals surface area contributed by atoms with Crippen molar-refractivity contribution in [2.24, 2.45) is 11.8 Å². The lowest BCUT2D eigenvalue weighted by atomic mass is 9.90. The van der Waals surface area contributed by atoms with Gasteiger partial charge in [-0.1, -0.05) is 38.8 Å². The van der Waals surface area contributed by atoms with Gasteiger partial charge < -0.3 is 0 Å². The summed E-state index contributed by atoms with van der Waals surface area (Å²) in [6, 6.07) is 0. The molecular formula is C11H22. The van der Waals surface area contributed by atoms with E-state index in [1.165, 1.54) is 18.4 Å². The Labute approximate surface area is 71.7 Å². The summed E-state index contributed by atoms with van der Waals surface area (Å²) in [5, 5.41) is 0. The Balaban J connectivity index is 4.00. The number of rotatable bonds is 4. The SMILES string of the molecule is CCCC(C=C(C)C)C(C)C. The van der Waals surface area contributed by atoms with E-state index in [1.807, 2.05) is 0 Å². The highest BCUT2D eigenvalue weighted by molar-refractivity contribution is 4.98. The van der Waals surface area contributed by atoms with Crippen molar-refractivity contribution in [3.05, 3.63) is 11.6 Å². The van der Waals surface area contributed by atoms with Crippen molar-refractivity contribution in [2.75, 3.05) is 0 Å². The van der Waals surface area contributed by atoms with E-state index in [9.17, 15) is 0 Å². The lowest BCUT2D eigenvalue weighted by Crippen LogP contribution is -2.05. The summed E-state index contributed by atoms with van der Waals surface area (Å²) in [4.78, 5) is 0. The molecule has 0 aliphatic rings. The van der Waals surface area contributed by atoms with Crippen LogP contribution in [-0.2, 0) is 0 Å². The number of hydrogen-bond acceptors (Lipinski definition) is 0. The Kier molecular flexibility index (Phi) is 5.27. The highest BCUT2D eigenvalue weighted by Gasteiger charge is 2.07. The van der Waals surface area contributed by atoms with Crippen molar-refractivity contribution in [3.8, 4) is 0 Å². The van der Waals surface area contributed by atoms with E-state index >= 15 is 0 Å². The molecule has 0 N–H and O–H groups in total. The van der Waals surface area contributed by atoms with Gasteiger partial charge in [0.25, 0.3) is 0 Å². The second-order valence-corrected chi connectivity index (χ2v) is 3.94. The fourth-order valence-corrected chi connectivity index (χ4v) is 1.37. The second kappa shape index (κ2) is 5.40. The molecule has 0 radical (unpaired) electrons. The monoisotopic (exact) mass is 154 g/mol. The summed E-state index contributed by atoms with van der Waals surface area (Å²) < 4.78 is 0. The molecule has 0 aromatic heterocycles. The molecule has 0 amide bonds. The quantitative estimate of drug-likeness (QED) is 0.536. The molecule has 0 aromatic rings. The van der Waals surface area contributed by atoms with Gasteiger partial charge in [-0.2, -0.15) is 0 Å². The van der Waals surface area contributed by atoms with Gasteiger partial charge >= 0.3 is 0 Å². The third kappa shape index (κ3) is 5.06. The fourth-order valence-electron chi connectivity index (χ4n) is 1.37. The van der Waals surface area contributed by atoms with Crippen molar-refractivity contribution in [1.82, 2.24) is 0 Å². The summed E-state index contributed by atoms with van der Waals surface area (Å²) in [5.41, 5.74) is 1.46. The molecule has 0 spiro atoms. The molecule has 0 bridgehead atoms. The first-order chi connectivity index (χ1) is 5.07. The highest BCUT2D eigenvalue weighted by atomic mass is 14.1. The number of allylic oxidation sites excluding steroid dienone is 2. The first-order valence-electron chi connectivity index (χ1n) is 4.73. The van der Waals surface area contributed by atoms with Gasteiger partial charge in [-0.05, 0) is 32.1 Å². The van der Waals surface area contributed by atoms with Crippen molar-refractivity contribution in [1.29, 1.82) is 0 Å². The molecule has 1 atom stereocenters. The van der Waals surface area contributed by atoms with Crippen LogP contribution in [0.1, 0.15) is 47.5 Å². The number of hydrogen-bond donors (Lipinski definition) is 0. The molecule has 0 aromatic carbocycles. The Hall–Kier alpha value is -0.260. The predicted molar refractivity (Wildman–Crippen MR) is 52.7 cm³/mol. The zero-order valence-corrected chi connectivity index (χ0v) is 8.65. The van der Waals surface area contributed by atoms with Crippen LogP contribution in [0, 0.1) is 11.8 Å². The van der Waals surface area contributed by atoms with Crippen LogP contribution in [-0.4, -0.2) is 0 Å². The van der Waals surface area contributed by atoms with E-state index in [2.05, 4.69) is 40.7 Å². The van der Waals surface area contributed by atoms with E-state index < -0.39 is 0 Å². The maximum atomic E-state index is 2.41. The van der Waals surface area contributed by atoms with E-state index in [0.29, 0.717) is 0 Å². The van der Waals surface area contributed by atoms with Gasteiger partial charge in [-0.3, -0.25) is 0 Å².